The van der Waals surface area contributed by atoms with Gasteiger partial charge in [0.1, 0.15) is 10.6 Å². The van der Waals surface area contributed by atoms with Crippen LogP contribution in [-0.4, -0.2) is 34.7 Å². The largest absolute Gasteiger partial charge is 0.444 e. The number of fused-ring (bicyclic) bond motifs is 1. The van der Waals surface area contributed by atoms with E-state index in [-0.39, 0.29) is 16.9 Å². The summed E-state index contributed by atoms with van der Waals surface area (Å²) in [5.41, 5.74) is 1.42. The lowest BCUT2D eigenvalue weighted by molar-refractivity contribution is 0.0181. The predicted octanol–water partition coefficient (Wildman–Crippen LogP) is 5.98. The maximum Gasteiger partial charge on any atom is 0.410 e. The summed E-state index contributed by atoms with van der Waals surface area (Å²) in [5, 5.41) is 4.29. The van der Waals surface area contributed by atoms with Gasteiger partial charge in [0.05, 0.1) is 15.5 Å². The fraction of sp³-hybridized carbons (Fsp3) is 0.524. The van der Waals surface area contributed by atoms with Crippen LogP contribution in [-0.2, 0) is 15.6 Å². The highest BCUT2D eigenvalue weighted by Crippen LogP contribution is 2.70. The fourth-order valence-electron chi connectivity index (χ4n) is 4.46. The monoisotopic (exact) mass is 438 g/mol. The lowest BCUT2D eigenvalue weighted by atomic mass is 9.80. The first-order valence-electron chi connectivity index (χ1n) is 9.42. The SMILES string of the molecule is Cc1csc(C23CN(C(=O)OC(C)(C)C)CCC2(c2ccc(Cl)c(Cl)c2)C3)n1. The van der Waals surface area contributed by atoms with Crippen LogP contribution in [0.15, 0.2) is 23.6 Å². The van der Waals surface area contributed by atoms with Crippen molar-refractivity contribution in [3.63, 3.8) is 0 Å². The third-order valence-electron chi connectivity index (χ3n) is 5.82. The molecule has 2 atom stereocenters. The number of likely N-dealkylation sites (tertiary alicyclic amines) is 1. The minimum atomic E-state index is -0.510. The summed E-state index contributed by atoms with van der Waals surface area (Å²) in [7, 11) is 0. The molecule has 2 aromatic rings. The van der Waals surface area contributed by atoms with Gasteiger partial charge in [0.25, 0.3) is 0 Å². The molecule has 1 saturated heterocycles. The van der Waals surface area contributed by atoms with E-state index in [9.17, 15) is 4.79 Å². The molecule has 2 unspecified atom stereocenters. The summed E-state index contributed by atoms with van der Waals surface area (Å²) < 4.78 is 5.64. The van der Waals surface area contributed by atoms with Gasteiger partial charge in [-0.05, 0) is 58.2 Å². The van der Waals surface area contributed by atoms with Gasteiger partial charge in [-0.1, -0.05) is 29.3 Å². The van der Waals surface area contributed by atoms with Crippen molar-refractivity contribution in [1.29, 1.82) is 0 Å². The molecule has 4 rings (SSSR count). The van der Waals surface area contributed by atoms with E-state index >= 15 is 0 Å². The maximum absolute atomic E-state index is 12.7. The molecule has 1 aromatic carbocycles. The number of rotatable bonds is 2. The van der Waals surface area contributed by atoms with Gasteiger partial charge in [0.2, 0.25) is 0 Å². The Labute approximate surface area is 179 Å². The predicted molar refractivity (Wildman–Crippen MR) is 114 cm³/mol. The van der Waals surface area contributed by atoms with Gasteiger partial charge < -0.3 is 9.64 Å². The zero-order valence-corrected chi connectivity index (χ0v) is 18.8. The van der Waals surface area contributed by atoms with E-state index in [1.807, 2.05) is 44.7 Å². The van der Waals surface area contributed by atoms with Crippen LogP contribution in [0, 0.1) is 6.92 Å². The number of amides is 1. The number of thiazole rings is 1. The van der Waals surface area contributed by atoms with Gasteiger partial charge in [-0.3, -0.25) is 0 Å². The number of nitrogens with zero attached hydrogens (tertiary/aromatic N) is 2. The van der Waals surface area contributed by atoms with Crippen molar-refractivity contribution in [2.45, 2.75) is 57.0 Å². The molecule has 7 heteroatoms. The molecule has 28 heavy (non-hydrogen) atoms. The molecule has 0 bridgehead atoms. The Morgan fingerprint density at radius 3 is 2.61 bits per heavy atom. The Kier molecular flexibility index (Phi) is 4.72. The number of aryl methyl sites for hydroxylation is 1. The number of benzene rings is 1. The zero-order valence-electron chi connectivity index (χ0n) is 16.5. The average Bonchev–Trinajstić information content (AvgIpc) is 3.12. The van der Waals surface area contributed by atoms with Crippen molar-refractivity contribution in [3.05, 3.63) is 49.9 Å². The number of carbonyl (C=O) groups excluding carboxylic acids is 1. The topological polar surface area (TPSA) is 42.4 Å². The summed E-state index contributed by atoms with van der Waals surface area (Å²) >= 11 is 14.2. The second kappa shape index (κ2) is 6.61. The van der Waals surface area contributed by atoms with Crippen LogP contribution in [0.25, 0.3) is 0 Å². The highest BCUT2D eigenvalue weighted by Gasteiger charge is 2.72. The van der Waals surface area contributed by atoms with Crippen LogP contribution in [0.3, 0.4) is 0 Å². The molecule has 0 radical (unpaired) electrons. The number of piperidine rings is 1. The molecule has 4 nitrogen and oxygen atoms in total. The number of halogens is 2. The Hall–Kier alpha value is -1.30. The minimum absolute atomic E-state index is 0.0654. The smallest absolute Gasteiger partial charge is 0.410 e. The van der Waals surface area contributed by atoms with Crippen LogP contribution < -0.4 is 0 Å². The van der Waals surface area contributed by atoms with Gasteiger partial charge >= 0.3 is 6.09 Å². The molecule has 1 saturated carbocycles. The molecule has 2 fully saturated rings. The average molecular weight is 439 g/mol. The molecule has 0 spiro atoms. The van der Waals surface area contributed by atoms with Crippen LogP contribution in [0.2, 0.25) is 10.0 Å². The molecule has 1 aromatic heterocycles. The lowest BCUT2D eigenvalue weighted by Crippen LogP contribution is -2.48. The Morgan fingerprint density at radius 1 is 1.25 bits per heavy atom. The highest BCUT2D eigenvalue weighted by atomic mass is 35.5. The first-order valence-corrected chi connectivity index (χ1v) is 11.1. The Morgan fingerprint density at radius 2 is 2.00 bits per heavy atom. The van der Waals surface area contributed by atoms with Gasteiger partial charge in [0.15, 0.2) is 0 Å². The van der Waals surface area contributed by atoms with Crippen molar-refractivity contribution >= 4 is 40.6 Å². The summed E-state index contributed by atoms with van der Waals surface area (Å²) in [5.74, 6) is 0. The maximum atomic E-state index is 12.7. The molecular formula is C21H24Cl2N2O2S. The van der Waals surface area contributed by atoms with E-state index in [0.29, 0.717) is 23.1 Å². The summed E-state index contributed by atoms with van der Waals surface area (Å²) in [6.45, 7) is 8.95. The number of carbonyl (C=O) groups is 1. The third-order valence-corrected chi connectivity index (χ3v) is 7.72. The minimum Gasteiger partial charge on any atom is -0.444 e. The van der Waals surface area contributed by atoms with Crippen molar-refractivity contribution < 1.29 is 9.53 Å². The Bertz CT molecular complexity index is 939. The first kappa shape index (κ1) is 20.0. The Balaban J connectivity index is 1.70. The van der Waals surface area contributed by atoms with E-state index in [1.54, 1.807) is 11.3 Å². The van der Waals surface area contributed by atoms with Gasteiger partial charge in [-0.15, -0.1) is 11.3 Å². The van der Waals surface area contributed by atoms with Crippen molar-refractivity contribution in [1.82, 2.24) is 9.88 Å². The van der Waals surface area contributed by atoms with Gasteiger partial charge in [-0.2, -0.15) is 0 Å². The van der Waals surface area contributed by atoms with Crippen LogP contribution in [0.1, 0.15) is 49.9 Å². The number of hydrogen-bond donors (Lipinski definition) is 0. The second-order valence-corrected chi connectivity index (χ2v) is 10.6. The van der Waals surface area contributed by atoms with Gasteiger partial charge in [0, 0.05) is 29.6 Å². The molecule has 2 aliphatic rings. The lowest BCUT2D eigenvalue weighted by Gasteiger charge is -2.38. The van der Waals surface area contributed by atoms with E-state index in [0.717, 1.165) is 23.5 Å². The van der Waals surface area contributed by atoms with Crippen LogP contribution in [0.4, 0.5) is 4.79 Å². The van der Waals surface area contributed by atoms with E-state index in [1.165, 1.54) is 5.56 Å². The number of ether oxygens (including phenoxy) is 1. The zero-order chi connectivity index (χ0) is 20.3. The molecule has 1 amide bonds. The molecular weight excluding hydrogens is 415 g/mol. The standard InChI is InChI=1S/C21H24Cl2N2O2S/c1-13-10-28-17(24-13)21-11-20(21,14-5-6-15(22)16(23)9-14)7-8-25(12-21)18(26)27-19(2,3)4/h5-6,9-10H,7-8,11-12H2,1-4H3. The van der Waals surface area contributed by atoms with Crippen molar-refractivity contribution in [3.8, 4) is 0 Å². The summed E-state index contributed by atoms with van der Waals surface area (Å²) in [6.07, 6.45) is 1.54. The molecule has 2 heterocycles. The summed E-state index contributed by atoms with van der Waals surface area (Å²) in [4.78, 5) is 19.4. The molecule has 0 N–H and O–H groups in total. The fourth-order valence-corrected chi connectivity index (χ4v) is 5.84. The van der Waals surface area contributed by atoms with E-state index in [4.69, 9.17) is 32.9 Å². The molecule has 1 aliphatic heterocycles. The van der Waals surface area contributed by atoms with E-state index in [2.05, 4.69) is 11.4 Å². The van der Waals surface area contributed by atoms with Crippen molar-refractivity contribution in [2.24, 2.45) is 0 Å². The highest BCUT2D eigenvalue weighted by molar-refractivity contribution is 7.09. The van der Waals surface area contributed by atoms with Crippen LogP contribution >= 0.6 is 34.5 Å². The first-order chi connectivity index (χ1) is 13.1. The second-order valence-electron chi connectivity index (χ2n) is 8.92. The normalized spacial score (nSPS) is 26.7. The third kappa shape index (κ3) is 3.21. The quantitative estimate of drug-likeness (QED) is 0.578. The van der Waals surface area contributed by atoms with Crippen molar-refractivity contribution in [2.75, 3.05) is 13.1 Å². The number of aromatic nitrogens is 1. The van der Waals surface area contributed by atoms with Crippen LogP contribution in [0.5, 0.6) is 0 Å². The number of hydrogen-bond acceptors (Lipinski definition) is 4. The molecule has 1 aliphatic carbocycles. The van der Waals surface area contributed by atoms with Gasteiger partial charge in [-0.25, -0.2) is 9.78 Å². The van der Waals surface area contributed by atoms with E-state index < -0.39 is 5.60 Å². The molecule has 150 valence electrons. The summed E-state index contributed by atoms with van der Waals surface area (Å²) in [6, 6.07) is 5.92.